The zero-order valence-corrected chi connectivity index (χ0v) is 12.3. The summed E-state index contributed by atoms with van der Waals surface area (Å²) in [6, 6.07) is 4.43. The van der Waals surface area contributed by atoms with Gasteiger partial charge in [0, 0.05) is 5.56 Å². The molecule has 19 heavy (non-hydrogen) atoms. The third kappa shape index (κ3) is 2.43. The van der Waals surface area contributed by atoms with Crippen LogP contribution in [0.5, 0.6) is 0 Å². The van der Waals surface area contributed by atoms with E-state index in [4.69, 9.17) is 11.6 Å². The first-order valence-electron chi connectivity index (χ1n) is 6.42. The molecule has 1 aromatic carbocycles. The van der Waals surface area contributed by atoms with Crippen molar-refractivity contribution in [1.29, 1.82) is 0 Å². The van der Waals surface area contributed by atoms with Gasteiger partial charge >= 0.3 is 0 Å². The molecule has 0 unspecified atom stereocenters. The standard InChI is InChI=1S/C15H22N4/c1-9-6-11(15(3,4)5)7-10(2)13(9)12-8-19(17)14(16)18-12/h6-8H,17H2,1-5H3,(H2,16,18). The maximum Gasteiger partial charge on any atom is 0.219 e. The number of rotatable bonds is 1. The fourth-order valence-corrected chi connectivity index (χ4v) is 2.33. The van der Waals surface area contributed by atoms with E-state index in [0.29, 0.717) is 5.95 Å². The molecule has 0 spiro atoms. The van der Waals surface area contributed by atoms with E-state index in [-0.39, 0.29) is 5.41 Å². The van der Waals surface area contributed by atoms with Gasteiger partial charge in [-0.1, -0.05) is 32.9 Å². The highest BCUT2D eigenvalue weighted by molar-refractivity contribution is 5.69. The van der Waals surface area contributed by atoms with E-state index in [2.05, 4.69) is 51.7 Å². The van der Waals surface area contributed by atoms with Crippen molar-refractivity contribution in [3.8, 4) is 11.3 Å². The fraction of sp³-hybridized carbons (Fsp3) is 0.400. The lowest BCUT2D eigenvalue weighted by Crippen LogP contribution is -2.12. The van der Waals surface area contributed by atoms with Gasteiger partial charge in [-0.25, -0.2) is 9.66 Å². The lowest BCUT2D eigenvalue weighted by atomic mass is 9.83. The molecule has 0 aliphatic heterocycles. The Labute approximate surface area is 114 Å². The first kappa shape index (κ1) is 13.5. The Hall–Kier alpha value is -1.97. The van der Waals surface area contributed by atoms with E-state index in [9.17, 15) is 0 Å². The molecule has 0 aliphatic rings. The van der Waals surface area contributed by atoms with E-state index in [1.807, 2.05) is 0 Å². The van der Waals surface area contributed by atoms with Gasteiger partial charge in [-0.05, 0) is 36.0 Å². The molecule has 102 valence electrons. The van der Waals surface area contributed by atoms with Gasteiger partial charge in [-0.15, -0.1) is 0 Å². The van der Waals surface area contributed by atoms with Crippen LogP contribution >= 0.6 is 0 Å². The van der Waals surface area contributed by atoms with Gasteiger partial charge in [-0.2, -0.15) is 0 Å². The summed E-state index contributed by atoms with van der Waals surface area (Å²) in [4.78, 5) is 4.31. The third-order valence-electron chi connectivity index (χ3n) is 3.42. The number of aromatic nitrogens is 2. The molecular weight excluding hydrogens is 236 g/mol. The van der Waals surface area contributed by atoms with Crippen molar-refractivity contribution in [3.05, 3.63) is 35.0 Å². The predicted molar refractivity (Wildman–Crippen MR) is 80.4 cm³/mol. The van der Waals surface area contributed by atoms with Crippen LogP contribution in [0.2, 0.25) is 0 Å². The molecular formula is C15H22N4. The summed E-state index contributed by atoms with van der Waals surface area (Å²) in [5.74, 6) is 6.03. The molecule has 0 amide bonds. The molecule has 0 saturated carbocycles. The van der Waals surface area contributed by atoms with Crippen LogP contribution in [0.3, 0.4) is 0 Å². The number of imidazole rings is 1. The quantitative estimate of drug-likeness (QED) is 0.773. The van der Waals surface area contributed by atoms with E-state index >= 15 is 0 Å². The molecule has 0 atom stereocenters. The maximum atomic E-state index is 5.71. The monoisotopic (exact) mass is 258 g/mol. The van der Waals surface area contributed by atoms with Crippen molar-refractivity contribution in [2.45, 2.75) is 40.0 Å². The number of hydrogen-bond acceptors (Lipinski definition) is 3. The van der Waals surface area contributed by atoms with E-state index in [1.54, 1.807) is 6.20 Å². The topological polar surface area (TPSA) is 69.9 Å². The first-order valence-corrected chi connectivity index (χ1v) is 6.42. The van der Waals surface area contributed by atoms with Crippen LogP contribution in [0.15, 0.2) is 18.3 Å². The number of benzene rings is 1. The highest BCUT2D eigenvalue weighted by atomic mass is 15.3. The van der Waals surface area contributed by atoms with Gasteiger partial charge in [0.05, 0.1) is 11.9 Å². The van der Waals surface area contributed by atoms with Gasteiger partial charge in [0.25, 0.3) is 0 Å². The minimum Gasteiger partial charge on any atom is -0.368 e. The van der Waals surface area contributed by atoms with Gasteiger partial charge in [0.1, 0.15) is 0 Å². The third-order valence-corrected chi connectivity index (χ3v) is 3.42. The second kappa shape index (κ2) is 4.30. The van der Waals surface area contributed by atoms with E-state index in [1.165, 1.54) is 21.4 Å². The Morgan fingerprint density at radius 1 is 1.11 bits per heavy atom. The Balaban J connectivity index is 2.60. The molecule has 4 N–H and O–H groups in total. The Bertz CT molecular complexity index is 575. The fourth-order valence-electron chi connectivity index (χ4n) is 2.33. The number of hydrogen-bond donors (Lipinski definition) is 2. The molecule has 4 nitrogen and oxygen atoms in total. The van der Waals surface area contributed by atoms with Crippen LogP contribution in [0.25, 0.3) is 11.3 Å². The second-order valence-corrected chi connectivity index (χ2v) is 6.13. The smallest absolute Gasteiger partial charge is 0.219 e. The maximum absolute atomic E-state index is 5.71. The average molecular weight is 258 g/mol. The van der Waals surface area contributed by atoms with Crippen LogP contribution in [-0.2, 0) is 5.41 Å². The minimum absolute atomic E-state index is 0.139. The summed E-state index contributed by atoms with van der Waals surface area (Å²) in [6.45, 7) is 10.8. The molecule has 1 aromatic heterocycles. The van der Waals surface area contributed by atoms with Crippen LogP contribution in [-0.4, -0.2) is 9.66 Å². The van der Waals surface area contributed by atoms with E-state index in [0.717, 1.165) is 11.3 Å². The average Bonchev–Trinajstić information content (AvgIpc) is 2.56. The zero-order chi connectivity index (χ0) is 14.4. The lowest BCUT2D eigenvalue weighted by Gasteiger charge is -2.22. The van der Waals surface area contributed by atoms with Gasteiger partial charge in [0.2, 0.25) is 5.95 Å². The van der Waals surface area contributed by atoms with Crippen LogP contribution in [0, 0.1) is 13.8 Å². The largest absolute Gasteiger partial charge is 0.368 e. The van der Waals surface area contributed by atoms with Crippen molar-refractivity contribution >= 4 is 5.95 Å². The molecule has 2 aromatic rings. The Morgan fingerprint density at radius 3 is 2.00 bits per heavy atom. The summed E-state index contributed by atoms with van der Waals surface area (Å²) in [6.07, 6.45) is 1.77. The normalized spacial score (nSPS) is 11.8. The summed E-state index contributed by atoms with van der Waals surface area (Å²) >= 11 is 0. The molecule has 0 saturated heterocycles. The molecule has 2 rings (SSSR count). The van der Waals surface area contributed by atoms with Crippen LogP contribution in [0.4, 0.5) is 5.95 Å². The number of aryl methyl sites for hydroxylation is 2. The minimum atomic E-state index is 0.139. The SMILES string of the molecule is Cc1cc(C(C)(C)C)cc(C)c1-c1cn(N)c(N)n1. The van der Waals surface area contributed by atoms with Gasteiger partial charge < -0.3 is 11.6 Å². The highest BCUT2D eigenvalue weighted by Crippen LogP contribution is 2.32. The Morgan fingerprint density at radius 2 is 1.63 bits per heavy atom. The number of anilines is 1. The highest BCUT2D eigenvalue weighted by Gasteiger charge is 2.18. The second-order valence-electron chi connectivity index (χ2n) is 6.13. The molecule has 1 heterocycles. The first-order chi connectivity index (χ1) is 8.70. The summed E-state index contributed by atoms with van der Waals surface area (Å²) < 4.78 is 1.35. The lowest BCUT2D eigenvalue weighted by molar-refractivity contribution is 0.589. The predicted octanol–water partition coefficient (Wildman–Crippen LogP) is 2.76. The summed E-state index contributed by atoms with van der Waals surface area (Å²) in [7, 11) is 0. The van der Waals surface area contributed by atoms with Crippen molar-refractivity contribution in [1.82, 2.24) is 9.66 Å². The molecule has 0 fully saturated rings. The summed E-state index contributed by atoms with van der Waals surface area (Å²) in [5, 5.41) is 0. The molecule has 0 aliphatic carbocycles. The van der Waals surface area contributed by atoms with Gasteiger partial charge in [0.15, 0.2) is 0 Å². The van der Waals surface area contributed by atoms with E-state index < -0.39 is 0 Å². The Kier molecular flexibility index (Phi) is 3.04. The zero-order valence-electron chi connectivity index (χ0n) is 12.3. The molecule has 0 radical (unpaired) electrons. The number of nitrogens with zero attached hydrogens (tertiary/aromatic N) is 2. The van der Waals surface area contributed by atoms with Crippen molar-refractivity contribution < 1.29 is 0 Å². The number of nitrogen functional groups attached to an aromatic ring is 2. The molecule has 0 bridgehead atoms. The summed E-state index contributed by atoms with van der Waals surface area (Å²) in [5.41, 5.74) is 11.5. The van der Waals surface area contributed by atoms with Crippen LogP contribution < -0.4 is 11.6 Å². The van der Waals surface area contributed by atoms with Gasteiger partial charge in [-0.3, -0.25) is 0 Å². The van der Waals surface area contributed by atoms with Crippen molar-refractivity contribution in [2.75, 3.05) is 11.6 Å². The van der Waals surface area contributed by atoms with Crippen LogP contribution in [0.1, 0.15) is 37.5 Å². The number of nitrogens with two attached hydrogens (primary N) is 2. The van der Waals surface area contributed by atoms with Crippen molar-refractivity contribution in [3.63, 3.8) is 0 Å². The molecule has 4 heteroatoms. The van der Waals surface area contributed by atoms with Crippen molar-refractivity contribution in [2.24, 2.45) is 0 Å².